The van der Waals surface area contributed by atoms with Crippen LogP contribution in [0.2, 0.25) is 0 Å². The Labute approximate surface area is 167 Å². The topological polar surface area (TPSA) is 57.7 Å². The second-order valence-electron chi connectivity index (χ2n) is 6.96. The van der Waals surface area contributed by atoms with Gasteiger partial charge in [0.05, 0.1) is 24.6 Å². The molecule has 1 aliphatic rings. The first-order chi connectivity index (χ1) is 13.7. The highest BCUT2D eigenvalue weighted by molar-refractivity contribution is 6.05. The van der Waals surface area contributed by atoms with E-state index in [4.69, 9.17) is 4.74 Å². The Morgan fingerprint density at radius 2 is 1.86 bits per heavy atom. The van der Waals surface area contributed by atoms with Gasteiger partial charge in [0.2, 0.25) is 0 Å². The van der Waals surface area contributed by atoms with E-state index in [0.29, 0.717) is 18.9 Å². The van der Waals surface area contributed by atoms with Crippen molar-refractivity contribution in [3.63, 3.8) is 0 Å². The molecule has 0 saturated carbocycles. The quantitative estimate of drug-likeness (QED) is 0.753. The van der Waals surface area contributed by atoms with Crippen LogP contribution in [0, 0.1) is 0 Å². The number of ether oxygens (including phenoxy) is 1. The molecule has 2 aromatic rings. The van der Waals surface area contributed by atoms with Crippen molar-refractivity contribution in [2.75, 3.05) is 54.5 Å². The van der Waals surface area contributed by atoms with Crippen LogP contribution < -0.4 is 15.1 Å². The van der Waals surface area contributed by atoms with E-state index < -0.39 is 0 Å². The minimum absolute atomic E-state index is 0.185. The Balaban J connectivity index is 1.77. The number of aromatic nitrogens is 1. The number of rotatable bonds is 8. The molecule has 150 valence electrons. The smallest absolute Gasteiger partial charge is 0.274 e. The van der Waals surface area contributed by atoms with E-state index in [1.165, 1.54) is 0 Å². The lowest BCUT2D eigenvalue weighted by atomic mass is 10.2. The third kappa shape index (κ3) is 5.01. The van der Waals surface area contributed by atoms with Gasteiger partial charge in [0, 0.05) is 38.1 Å². The Bertz CT molecular complexity index is 769. The van der Waals surface area contributed by atoms with Gasteiger partial charge in [0.25, 0.3) is 5.91 Å². The lowest BCUT2D eigenvalue weighted by molar-refractivity contribution is 0.102. The Morgan fingerprint density at radius 1 is 1.14 bits per heavy atom. The van der Waals surface area contributed by atoms with Crippen LogP contribution in [0.25, 0.3) is 0 Å². The molecule has 6 nitrogen and oxygen atoms in total. The molecule has 1 fully saturated rings. The van der Waals surface area contributed by atoms with Gasteiger partial charge in [-0.1, -0.05) is 26.0 Å². The van der Waals surface area contributed by atoms with Crippen molar-refractivity contribution in [2.45, 2.75) is 26.7 Å². The average Bonchev–Trinajstić information content (AvgIpc) is 2.75. The van der Waals surface area contributed by atoms with Gasteiger partial charge >= 0.3 is 0 Å². The molecule has 28 heavy (non-hydrogen) atoms. The highest BCUT2D eigenvalue weighted by atomic mass is 16.5. The molecular weight excluding hydrogens is 352 g/mol. The molecule has 0 atom stereocenters. The molecule has 1 saturated heterocycles. The normalized spacial score (nSPS) is 14.0. The maximum atomic E-state index is 12.9. The van der Waals surface area contributed by atoms with Gasteiger partial charge in [-0.15, -0.1) is 0 Å². The van der Waals surface area contributed by atoms with E-state index in [1.54, 1.807) is 6.20 Å². The first-order valence-corrected chi connectivity index (χ1v) is 10.2. The third-order valence-corrected chi connectivity index (χ3v) is 4.83. The average molecular weight is 383 g/mol. The minimum atomic E-state index is -0.185. The zero-order valence-corrected chi connectivity index (χ0v) is 16.9. The van der Waals surface area contributed by atoms with Crippen molar-refractivity contribution in [2.24, 2.45) is 0 Å². The molecule has 0 bridgehead atoms. The van der Waals surface area contributed by atoms with E-state index in [1.807, 2.05) is 36.4 Å². The van der Waals surface area contributed by atoms with Crippen molar-refractivity contribution in [1.82, 2.24) is 4.98 Å². The van der Waals surface area contributed by atoms with Crippen molar-refractivity contribution in [1.29, 1.82) is 0 Å². The van der Waals surface area contributed by atoms with Crippen molar-refractivity contribution in [3.8, 4) is 0 Å². The standard InChI is InChI=1S/C22H30N4O2/c1-3-11-25(12-4-2)18-9-10-23-20(17-18)22(27)24-19-7-5-6-8-21(19)26-13-15-28-16-14-26/h5-10,17H,3-4,11-16H2,1-2H3,(H,24,27). The molecule has 1 aromatic heterocycles. The maximum Gasteiger partial charge on any atom is 0.274 e. The lowest BCUT2D eigenvalue weighted by Gasteiger charge is -2.30. The van der Waals surface area contributed by atoms with E-state index in [9.17, 15) is 4.79 Å². The molecule has 1 N–H and O–H groups in total. The molecule has 1 aromatic carbocycles. The number of hydrogen-bond donors (Lipinski definition) is 1. The predicted octanol–water partition coefficient (Wildman–Crippen LogP) is 3.80. The number of carbonyl (C=O) groups excluding carboxylic acids is 1. The summed E-state index contributed by atoms with van der Waals surface area (Å²) >= 11 is 0. The number of nitrogens with one attached hydrogen (secondary N) is 1. The molecule has 0 radical (unpaired) electrons. The van der Waals surface area contributed by atoms with Crippen LogP contribution in [0.4, 0.5) is 17.1 Å². The summed E-state index contributed by atoms with van der Waals surface area (Å²) < 4.78 is 5.44. The summed E-state index contributed by atoms with van der Waals surface area (Å²) in [6.45, 7) is 9.33. The van der Waals surface area contributed by atoms with Crippen LogP contribution in [0.5, 0.6) is 0 Å². The van der Waals surface area contributed by atoms with E-state index >= 15 is 0 Å². The second kappa shape index (κ2) is 10.1. The first-order valence-electron chi connectivity index (χ1n) is 10.2. The van der Waals surface area contributed by atoms with Crippen LogP contribution >= 0.6 is 0 Å². The Hall–Kier alpha value is -2.60. The van der Waals surface area contributed by atoms with Crippen LogP contribution in [0.3, 0.4) is 0 Å². The van der Waals surface area contributed by atoms with Gasteiger partial charge in [0.15, 0.2) is 0 Å². The Morgan fingerprint density at radius 3 is 2.57 bits per heavy atom. The van der Waals surface area contributed by atoms with E-state index in [-0.39, 0.29) is 5.91 Å². The molecule has 1 amide bonds. The largest absolute Gasteiger partial charge is 0.378 e. The monoisotopic (exact) mass is 382 g/mol. The van der Waals surface area contributed by atoms with Gasteiger partial charge in [0.1, 0.15) is 5.69 Å². The number of nitrogens with zero attached hydrogens (tertiary/aromatic N) is 3. The van der Waals surface area contributed by atoms with Crippen molar-refractivity contribution >= 4 is 23.0 Å². The van der Waals surface area contributed by atoms with Gasteiger partial charge in [-0.25, -0.2) is 0 Å². The lowest BCUT2D eigenvalue weighted by Crippen LogP contribution is -2.36. The van der Waals surface area contributed by atoms with Crippen molar-refractivity contribution < 1.29 is 9.53 Å². The molecule has 0 unspecified atom stereocenters. The van der Waals surface area contributed by atoms with Gasteiger partial charge < -0.3 is 19.9 Å². The fourth-order valence-corrected chi connectivity index (χ4v) is 3.50. The predicted molar refractivity (Wildman–Crippen MR) is 114 cm³/mol. The van der Waals surface area contributed by atoms with E-state index in [2.05, 4.69) is 33.9 Å². The van der Waals surface area contributed by atoms with Crippen LogP contribution in [0.15, 0.2) is 42.6 Å². The highest BCUT2D eigenvalue weighted by Gasteiger charge is 2.17. The molecule has 0 spiro atoms. The Kier molecular flexibility index (Phi) is 7.25. The summed E-state index contributed by atoms with van der Waals surface area (Å²) in [6.07, 6.45) is 3.85. The SMILES string of the molecule is CCCN(CCC)c1ccnc(C(=O)Nc2ccccc2N2CCOCC2)c1. The molecule has 1 aliphatic heterocycles. The number of amides is 1. The fraction of sp³-hybridized carbons (Fsp3) is 0.455. The second-order valence-corrected chi connectivity index (χ2v) is 6.96. The molecule has 0 aliphatic carbocycles. The number of hydrogen-bond acceptors (Lipinski definition) is 5. The first kappa shape index (κ1) is 20.1. The third-order valence-electron chi connectivity index (χ3n) is 4.83. The summed E-state index contributed by atoms with van der Waals surface area (Å²) in [4.78, 5) is 21.8. The number of anilines is 3. The van der Waals surface area contributed by atoms with Gasteiger partial charge in [-0.05, 0) is 37.1 Å². The molecule has 3 rings (SSSR count). The van der Waals surface area contributed by atoms with Crippen LogP contribution in [-0.4, -0.2) is 50.3 Å². The minimum Gasteiger partial charge on any atom is -0.378 e. The van der Waals surface area contributed by atoms with Gasteiger partial charge in [-0.2, -0.15) is 0 Å². The van der Waals surface area contributed by atoms with Crippen LogP contribution in [-0.2, 0) is 4.74 Å². The highest BCUT2D eigenvalue weighted by Crippen LogP contribution is 2.27. The summed E-state index contributed by atoms with van der Waals surface area (Å²) in [6, 6.07) is 11.8. The summed E-state index contributed by atoms with van der Waals surface area (Å²) in [5.74, 6) is -0.185. The fourth-order valence-electron chi connectivity index (χ4n) is 3.50. The molecule has 6 heteroatoms. The molecular formula is C22H30N4O2. The van der Waals surface area contributed by atoms with Gasteiger partial charge in [-0.3, -0.25) is 9.78 Å². The van der Waals surface area contributed by atoms with Crippen LogP contribution in [0.1, 0.15) is 37.2 Å². The number of morpholine rings is 1. The number of para-hydroxylation sites is 2. The zero-order valence-electron chi connectivity index (χ0n) is 16.9. The van der Waals surface area contributed by atoms with Crippen molar-refractivity contribution in [3.05, 3.63) is 48.3 Å². The summed E-state index contributed by atoms with van der Waals surface area (Å²) in [7, 11) is 0. The summed E-state index contributed by atoms with van der Waals surface area (Å²) in [5.41, 5.74) is 3.31. The number of pyridine rings is 1. The summed E-state index contributed by atoms with van der Waals surface area (Å²) in [5, 5.41) is 3.05. The number of carbonyl (C=O) groups is 1. The molecule has 2 heterocycles. The zero-order chi connectivity index (χ0) is 19.8. The van der Waals surface area contributed by atoms with E-state index in [0.717, 1.165) is 56.1 Å². The maximum absolute atomic E-state index is 12.9. The number of benzene rings is 1.